The van der Waals surface area contributed by atoms with Crippen LogP contribution in [-0.4, -0.2) is 49.5 Å². The summed E-state index contributed by atoms with van der Waals surface area (Å²) >= 11 is 0. The van der Waals surface area contributed by atoms with E-state index in [1.807, 2.05) is 50.5 Å². The van der Waals surface area contributed by atoms with Gasteiger partial charge >= 0.3 is 0 Å². The molecule has 0 aliphatic carbocycles. The van der Waals surface area contributed by atoms with E-state index in [2.05, 4.69) is 10.2 Å². The maximum atomic E-state index is 13.3. The Morgan fingerprint density at radius 1 is 1.10 bits per heavy atom. The second-order valence-electron chi connectivity index (χ2n) is 6.90. The summed E-state index contributed by atoms with van der Waals surface area (Å²) in [5.74, 6) is 0.670. The predicted octanol–water partition coefficient (Wildman–Crippen LogP) is 2.65. The zero-order valence-electron chi connectivity index (χ0n) is 16.8. The van der Waals surface area contributed by atoms with Gasteiger partial charge in [-0.15, -0.1) is 0 Å². The molecule has 0 atom stereocenters. The van der Waals surface area contributed by atoms with E-state index in [1.54, 1.807) is 40.8 Å². The first-order chi connectivity index (χ1) is 14.0. The van der Waals surface area contributed by atoms with E-state index >= 15 is 0 Å². The highest BCUT2D eigenvalue weighted by atomic mass is 16.5. The summed E-state index contributed by atoms with van der Waals surface area (Å²) in [6.07, 6.45) is 3.41. The maximum absolute atomic E-state index is 13.3. The SMILES string of the molecule is COc1ccc(-c2cc(C(=O)N(C)Cc3ccnn3C)c3cnn(C)c3n2)cc1. The average molecular weight is 390 g/mol. The summed E-state index contributed by atoms with van der Waals surface area (Å²) in [5, 5.41) is 9.20. The van der Waals surface area contributed by atoms with E-state index in [9.17, 15) is 4.79 Å². The van der Waals surface area contributed by atoms with Crippen LogP contribution < -0.4 is 4.74 Å². The molecule has 0 fully saturated rings. The third-order valence-corrected chi connectivity index (χ3v) is 4.99. The van der Waals surface area contributed by atoms with Gasteiger partial charge in [0.15, 0.2) is 5.65 Å². The number of nitrogens with zero attached hydrogens (tertiary/aromatic N) is 6. The number of carbonyl (C=O) groups excluding carboxylic acids is 1. The van der Waals surface area contributed by atoms with Crippen molar-refractivity contribution >= 4 is 16.9 Å². The van der Waals surface area contributed by atoms with Crippen LogP contribution in [0.3, 0.4) is 0 Å². The summed E-state index contributed by atoms with van der Waals surface area (Å²) in [6, 6.07) is 11.3. The van der Waals surface area contributed by atoms with Crippen molar-refractivity contribution in [2.45, 2.75) is 6.54 Å². The second kappa shape index (κ2) is 7.38. The van der Waals surface area contributed by atoms with Gasteiger partial charge < -0.3 is 9.64 Å². The Hall–Kier alpha value is -3.68. The predicted molar refractivity (Wildman–Crippen MR) is 110 cm³/mol. The lowest BCUT2D eigenvalue weighted by atomic mass is 10.1. The van der Waals surface area contributed by atoms with Crippen molar-refractivity contribution in [1.29, 1.82) is 0 Å². The number of aryl methyl sites for hydroxylation is 2. The summed E-state index contributed by atoms with van der Waals surface area (Å²) in [4.78, 5) is 19.7. The molecule has 29 heavy (non-hydrogen) atoms. The van der Waals surface area contributed by atoms with Crippen LogP contribution >= 0.6 is 0 Å². The molecule has 1 aromatic carbocycles. The molecule has 148 valence electrons. The van der Waals surface area contributed by atoms with Gasteiger partial charge in [-0.1, -0.05) is 0 Å². The largest absolute Gasteiger partial charge is 0.497 e. The first-order valence-electron chi connectivity index (χ1n) is 9.17. The first-order valence-corrected chi connectivity index (χ1v) is 9.17. The van der Waals surface area contributed by atoms with Gasteiger partial charge in [-0.05, 0) is 36.4 Å². The normalized spacial score (nSPS) is 11.0. The Bertz CT molecular complexity index is 1180. The molecule has 0 saturated carbocycles. The molecule has 0 aliphatic heterocycles. The zero-order chi connectivity index (χ0) is 20.5. The van der Waals surface area contributed by atoms with Crippen LogP contribution in [0.25, 0.3) is 22.3 Å². The summed E-state index contributed by atoms with van der Waals surface area (Å²) in [6.45, 7) is 0.456. The number of hydrogen-bond acceptors (Lipinski definition) is 5. The number of amides is 1. The number of rotatable bonds is 5. The monoisotopic (exact) mass is 390 g/mol. The highest BCUT2D eigenvalue weighted by molar-refractivity contribution is 6.06. The van der Waals surface area contributed by atoms with Crippen molar-refractivity contribution < 1.29 is 9.53 Å². The molecule has 0 N–H and O–H groups in total. The summed E-state index contributed by atoms with van der Waals surface area (Å²) in [7, 11) is 7.09. The van der Waals surface area contributed by atoms with E-state index < -0.39 is 0 Å². The minimum absolute atomic E-state index is 0.0960. The van der Waals surface area contributed by atoms with E-state index in [-0.39, 0.29) is 5.91 Å². The van der Waals surface area contributed by atoms with Gasteiger partial charge in [0.05, 0.1) is 42.2 Å². The summed E-state index contributed by atoms with van der Waals surface area (Å²) in [5.41, 5.74) is 3.79. The molecular weight excluding hydrogens is 368 g/mol. The van der Waals surface area contributed by atoms with Gasteiger partial charge in [0, 0.05) is 32.9 Å². The van der Waals surface area contributed by atoms with Gasteiger partial charge in [-0.3, -0.25) is 14.2 Å². The van der Waals surface area contributed by atoms with E-state index in [0.717, 1.165) is 22.4 Å². The number of hydrogen-bond donors (Lipinski definition) is 0. The van der Waals surface area contributed by atoms with Crippen molar-refractivity contribution in [2.75, 3.05) is 14.2 Å². The third kappa shape index (κ3) is 3.44. The van der Waals surface area contributed by atoms with Crippen LogP contribution in [0.2, 0.25) is 0 Å². The van der Waals surface area contributed by atoms with Crippen molar-refractivity contribution in [3.8, 4) is 17.0 Å². The highest BCUT2D eigenvalue weighted by Crippen LogP contribution is 2.27. The second-order valence-corrected chi connectivity index (χ2v) is 6.90. The lowest BCUT2D eigenvalue weighted by molar-refractivity contribution is 0.0784. The molecule has 8 heteroatoms. The van der Waals surface area contributed by atoms with Crippen LogP contribution in [0, 0.1) is 0 Å². The number of pyridine rings is 1. The quantitative estimate of drug-likeness (QED) is 0.524. The number of methoxy groups -OCH3 is 1. The number of benzene rings is 1. The van der Waals surface area contributed by atoms with Crippen LogP contribution in [0.15, 0.2) is 48.8 Å². The molecule has 4 rings (SSSR count). The van der Waals surface area contributed by atoms with Gasteiger partial charge in [0.25, 0.3) is 5.91 Å². The highest BCUT2D eigenvalue weighted by Gasteiger charge is 2.20. The Morgan fingerprint density at radius 3 is 2.52 bits per heavy atom. The molecule has 4 aromatic rings. The Kier molecular flexibility index (Phi) is 4.75. The van der Waals surface area contributed by atoms with Gasteiger partial charge in [-0.25, -0.2) is 4.98 Å². The number of carbonyl (C=O) groups is 1. The van der Waals surface area contributed by atoms with Gasteiger partial charge in [0.2, 0.25) is 0 Å². The fourth-order valence-electron chi connectivity index (χ4n) is 3.28. The molecule has 0 unspecified atom stereocenters. The maximum Gasteiger partial charge on any atom is 0.254 e. The first kappa shape index (κ1) is 18.7. The fourth-order valence-corrected chi connectivity index (χ4v) is 3.28. The van der Waals surface area contributed by atoms with Crippen molar-refractivity contribution in [3.05, 3.63) is 60.0 Å². The van der Waals surface area contributed by atoms with Crippen LogP contribution in [-0.2, 0) is 20.6 Å². The Labute approximate surface area is 168 Å². The Balaban J connectivity index is 1.76. The lowest BCUT2D eigenvalue weighted by Gasteiger charge is -2.18. The molecule has 1 amide bonds. The van der Waals surface area contributed by atoms with E-state index in [0.29, 0.717) is 23.4 Å². The fraction of sp³-hybridized carbons (Fsp3) is 0.238. The number of ether oxygens (including phenoxy) is 1. The molecule has 0 saturated heterocycles. The van der Waals surface area contributed by atoms with Crippen LogP contribution in [0.4, 0.5) is 0 Å². The third-order valence-electron chi connectivity index (χ3n) is 4.99. The molecule has 0 aliphatic rings. The summed E-state index contributed by atoms with van der Waals surface area (Å²) < 4.78 is 8.68. The van der Waals surface area contributed by atoms with Crippen molar-refractivity contribution in [1.82, 2.24) is 29.4 Å². The smallest absolute Gasteiger partial charge is 0.254 e. The van der Waals surface area contributed by atoms with Crippen molar-refractivity contribution in [3.63, 3.8) is 0 Å². The molecule has 3 heterocycles. The molecule has 0 bridgehead atoms. The molecule has 0 spiro atoms. The molecular formula is C21H22N6O2. The van der Waals surface area contributed by atoms with Crippen LogP contribution in [0.1, 0.15) is 16.1 Å². The van der Waals surface area contributed by atoms with Crippen molar-refractivity contribution in [2.24, 2.45) is 14.1 Å². The molecule has 8 nitrogen and oxygen atoms in total. The van der Waals surface area contributed by atoms with E-state index in [1.165, 1.54) is 0 Å². The molecule has 3 aromatic heterocycles. The number of fused-ring (bicyclic) bond motifs is 1. The minimum Gasteiger partial charge on any atom is -0.497 e. The standard InChI is InChI=1S/C21H22N6O2/c1-25(13-15-9-10-22-26(15)2)21(28)17-11-19(14-5-7-16(29-4)8-6-14)24-20-18(17)12-23-27(20)3/h5-12H,13H2,1-4H3. The van der Waals surface area contributed by atoms with Gasteiger partial charge in [0.1, 0.15) is 5.75 Å². The van der Waals surface area contributed by atoms with Gasteiger partial charge in [-0.2, -0.15) is 10.2 Å². The minimum atomic E-state index is -0.0960. The van der Waals surface area contributed by atoms with Crippen LogP contribution in [0.5, 0.6) is 5.75 Å². The topological polar surface area (TPSA) is 78.1 Å². The van der Waals surface area contributed by atoms with E-state index in [4.69, 9.17) is 9.72 Å². The lowest BCUT2D eigenvalue weighted by Crippen LogP contribution is -2.27. The zero-order valence-corrected chi connectivity index (χ0v) is 16.8. The molecule has 0 radical (unpaired) electrons. The number of aromatic nitrogens is 5. The average Bonchev–Trinajstić information content (AvgIpc) is 3.32. The Morgan fingerprint density at radius 2 is 1.86 bits per heavy atom.